The van der Waals surface area contributed by atoms with Crippen molar-refractivity contribution in [2.24, 2.45) is 0 Å². The van der Waals surface area contributed by atoms with Crippen molar-refractivity contribution >= 4 is 0 Å². The summed E-state index contributed by atoms with van der Waals surface area (Å²) in [5.41, 5.74) is 0. The third kappa shape index (κ3) is 9.52. The number of unbranched alkanes of at least 4 members (excludes halogenated alkanes) is 9. The van der Waals surface area contributed by atoms with Crippen LogP contribution in [0.15, 0.2) is 0 Å². The molecule has 0 amide bonds. The third-order valence-electron chi connectivity index (χ3n) is 4.75. The second kappa shape index (κ2) is 13.6. The Bertz CT molecular complexity index is 214. The molecule has 0 spiro atoms. The third-order valence-corrected chi connectivity index (χ3v) is 4.75. The van der Waals surface area contributed by atoms with Crippen molar-refractivity contribution in [1.29, 1.82) is 0 Å². The summed E-state index contributed by atoms with van der Waals surface area (Å²) in [6.07, 6.45) is 18.5. The fourth-order valence-corrected chi connectivity index (χ4v) is 3.45. The van der Waals surface area contributed by atoms with E-state index in [-0.39, 0.29) is 0 Å². The van der Waals surface area contributed by atoms with Gasteiger partial charge in [0, 0.05) is 12.6 Å². The van der Waals surface area contributed by atoms with E-state index in [1.807, 2.05) is 0 Å². The molecule has 2 nitrogen and oxygen atoms in total. The Labute approximate surface area is 133 Å². The zero-order valence-corrected chi connectivity index (χ0v) is 14.7. The van der Waals surface area contributed by atoms with Crippen molar-refractivity contribution in [3.63, 3.8) is 0 Å². The molecular weight excluding hydrogens is 258 g/mol. The fraction of sp³-hybridized carbons (Fsp3) is 1.00. The van der Waals surface area contributed by atoms with Crippen molar-refractivity contribution in [2.75, 3.05) is 13.2 Å². The van der Waals surface area contributed by atoms with Crippen LogP contribution in [-0.2, 0) is 4.74 Å². The Morgan fingerprint density at radius 3 is 2.05 bits per heavy atom. The van der Waals surface area contributed by atoms with Gasteiger partial charge >= 0.3 is 0 Å². The highest BCUT2D eigenvalue weighted by Gasteiger charge is 2.24. The van der Waals surface area contributed by atoms with Crippen LogP contribution >= 0.6 is 0 Å². The van der Waals surface area contributed by atoms with Crippen LogP contribution in [-0.4, -0.2) is 25.3 Å². The summed E-state index contributed by atoms with van der Waals surface area (Å²) in [6.45, 7) is 6.55. The molecule has 1 fully saturated rings. The van der Waals surface area contributed by atoms with Crippen LogP contribution in [0.3, 0.4) is 0 Å². The van der Waals surface area contributed by atoms with Crippen LogP contribution in [0.5, 0.6) is 0 Å². The first-order valence-electron chi connectivity index (χ1n) is 9.73. The zero-order valence-electron chi connectivity index (χ0n) is 14.7. The van der Waals surface area contributed by atoms with Crippen molar-refractivity contribution in [3.05, 3.63) is 0 Å². The van der Waals surface area contributed by atoms with Crippen LogP contribution in [0.2, 0.25) is 0 Å². The highest BCUT2D eigenvalue weighted by atomic mass is 16.5. The maximum atomic E-state index is 5.85. The molecule has 0 aromatic heterocycles. The van der Waals surface area contributed by atoms with Gasteiger partial charge in [-0.1, -0.05) is 78.1 Å². The van der Waals surface area contributed by atoms with E-state index in [1.54, 1.807) is 0 Å². The van der Waals surface area contributed by atoms with E-state index in [2.05, 4.69) is 19.2 Å². The first-order chi connectivity index (χ1) is 10.4. The van der Waals surface area contributed by atoms with Crippen molar-refractivity contribution in [2.45, 2.75) is 109 Å². The lowest BCUT2D eigenvalue weighted by Crippen LogP contribution is -2.39. The van der Waals surface area contributed by atoms with Crippen LogP contribution in [0.25, 0.3) is 0 Å². The Morgan fingerprint density at radius 2 is 1.52 bits per heavy atom. The maximum absolute atomic E-state index is 5.85. The van der Waals surface area contributed by atoms with Crippen LogP contribution in [0.4, 0.5) is 0 Å². The number of rotatable bonds is 14. The maximum Gasteiger partial charge on any atom is 0.0728 e. The Kier molecular flexibility index (Phi) is 12.3. The van der Waals surface area contributed by atoms with Gasteiger partial charge in [-0.15, -0.1) is 0 Å². The van der Waals surface area contributed by atoms with E-state index < -0.39 is 0 Å². The Morgan fingerprint density at radius 1 is 0.905 bits per heavy atom. The van der Waals surface area contributed by atoms with Gasteiger partial charge in [-0.2, -0.15) is 0 Å². The topological polar surface area (TPSA) is 21.3 Å². The SMILES string of the molecule is CCCCCCCCCCCCC(NCC)C1CCCO1. The summed E-state index contributed by atoms with van der Waals surface area (Å²) in [4.78, 5) is 0. The van der Waals surface area contributed by atoms with Crippen LogP contribution < -0.4 is 5.32 Å². The molecule has 2 atom stereocenters. The molecule has 126 valence electrons. The average molecular weight is 298 g/mol. The summed E-state index contributed by atoms with van der Waals surface area (Å²) in [5, 5.41) is 3.63. The molecule has 1 aliphatic heterocycles. The lowest BCUT2D eigenvalue weighted by Gasteiger charge is -2.23. The van der Waals surface area contributed by atoms with Gasteiger partial charge < -0.3 is 10.1 Å². The molecule has 1 aliphatic rings. The Hall–Kier alpha value is -0.0800. The molecule has 1 saturated heterocycles. The molecule has 21 heavy (non-hydrogen) atoms. The monoisotopic (exact) mass is 297 g/mol. The van der Waals surface area contributed by atoms with Gasteiger partial charge in [-0.25, -0.2) is 0 Å². The molecule has 0 saturated carbocycles. The molecular formula is C19H39NO. The van der Waals surface area contributed by atoms with E-state index in [4.69, 9.17) is 4.74 Å². The van der Waals surface area contributed by atoms with Crippen molar-refractivity contribution in [1.82, 2.24) is 5.32 Å². The average Bonchev–Trinajstić information content (AvgIpc) is 3.02. The standard InChI is InChI=1S/C19H39NO/c1-3-5-6-7-8-9-10-11-12-13-15-18(20-4-2)19-16-14-17-21-19/h18-20H,3-17H2,1-2H3. The number of likely N-dealkylation sites (N-methyl/N-ethyl adjacent to an activating group) is 1. The van der Waals surface area contributed by atoms with Gasteiger partial charge in [-0.3, -0.25) is 0 Å². The predicted molar refractivity (Wildman–Crippen MR) is 92.9 cm³/mol. The van der Waals surface area contributed by atoms with Crippen molar-refractivity contribution in [3.8, 4) is 0 Å². The molecule has 0 radical (unpaired) electrons. The van der Waals surface area contributed by atoms with Crippen LogP contribution in [0, 0.1) is 0 Å². The number of ether oxygens (including phenoxy) is 1. The summed E-state index contributed by atoms with van der Waals surface area (Å²) in [7, 11) is 0. The van der Waals surface area contributed by atoms with Gasteiger partial charge in [0.15, 0.2) is 0 Å². The van der Waals surface area contributed by atoms with E-state index in [9.17, 15) is 0 Å². The molecule has 0 aliphatic carbocycles. The van der Waals surface area contributed by atoms with Gasteiger partial charge in [0.1, 0.15) is 0 Å². The first-order valence-corrected chi connectivity index (χ1v) is 9.73. The molecule has 2 heteroatoms. The zero-order chi connectivity index (χ0) is 15.2. The van der Waals surface area contributed by atoms with Gasteiger partial charge in [0.2, 0.25) is 0 Å². The summed E-state index contributed by atoms with van der Waals surface area (Å²) in [5.74, 6) is 0. The second-order valence-electron chi connectivity index (χ2n) is 6.69. The van der Waals surface area contributed by atoms with Crippen molar-refractivity contribution < 1.29 is 4.74 Å². The minimum atomic E-state index is 0.489. The molecule has 2 unspecified atom stereocenters. The largest absolute Gasteiger partial charge is 0.377 e. The van der Waals surface area contributed by atoms with E-state index in [0.717, 1.165) is 13.2 Å². The minimum Gasteiger partial charge on any atom is -0.377 e. The van der Waals surface area contributed by atoms with Gasteiger partial charge in [0.25, 0.3) is 0 Å². The van der Waals surface area contributed by atoms with Crippen LogP contribution in [0.1, 0.15) is 97.3 Å². The number of nitrogens with one attached hydrogen (secondary N) is 1. The summed E-state index contributed by atoms with van der Waals surface area (Å²) >= 11 is 0. The highest BCUT2D eigenvalue weighted by Crippen LogP contribution is 2.20. The highest BCUT2D eigenvalue weighted by molar-refractivity contribution is 4.80. The molecule has 1 heterocycles. The summed E-state index contributed by atoms with van der Waals surface area (Å²) in [6, 6.07) is 0.603. The van der Waals surface area contributed by atoms with E-state index in [0.29, 0.717) is 12.1 Å². The minimum absolute atomic E-state index is 0.489. The molecule has 0 bridgehead atoms. The Balaban J connectivity index is 1.91. The summed E-state index contributed by atoms with van der Waals surface area (Å²) < 4.78 is 5.85. The van der Waals surface area contributed by atoms with E-state index >= 15 is 0 Å². The van der Waals surface area contributed by atoms with E-state index in [1.165, 1.54) is 83.5 Å². The lowest BCUT2D eigenvalue weighted by atomic mass is 9.99. The molecule has 0 aromatic carbocycles. The molecule has 1 N–H and O–H groups in total. The smallest absolute Gasteiger partial charge is 0.0728 e. The van der Waals surface area contributed by atoms with Gasteiger partial charge in [-0.05, 0) is 25.8 Å². The second-order valence-corrected chi connectivity index (χ2v) is 6.69. The number of hydrogen-bond donors (Lipinski definition) is 1. The predicted octanol–water partition coefficient (Wildman–Crippen LogP) is 5.45. The quantitative estimate of drug-likeness (QED) is 0.430. The lowest BCUT2D eigenvalue weighted by molar-refractivity contribution is 0.0752. The number of hydrogen-bond acceptors (Lipinski definition) is 2. The normalized spacial score (nSPS) is 20.0. The molecule has 0 aromatic rings. The fourth-order valence-electron chi connectivity index (χ4n) is 3.45. The van der Waals surface area contributed by atoms with Gasteiger partial charge in [0.05, 0.1) is 6.10 Å². The molecule has 1 rings (SSSR count). The first kappa shape index (κ1) is 19.0.